The molecule has 2 heteroatoms. The molecule has 0 bridgehead atoms. The van der Waals surface area contributed by atoms with E-state index in [9.17, 15) is 0 Å². The second kappa shape index (κ2) is 10.1. The van der Waals surface area contributed by atoms with Gasteiger partial charge in [0, 0.05) is 34.1 Å². The minimum atomic E-state index is 1.13. The second-order valence-corrected chi connectivity index (χ2v) is 9.44. The highest BCUT2D eigenvalue weighted by Gasteiger charge is 2.17. The summed E-state index contributed by atoms with van der Waals surface area (Å²) in [5, 5.41) is 0. The highest BCUT2D eigenvalue weighted by Crippen LogP contribution is 2.40. The van der Waals surface area contributed by atoms with Crippen LogP contribution in [-0.2, 0) is 0 Å². The van der Waals surface area contributed by atoms with Crippen molar-refractivity contribution in [2.45, 2.75) is 27.7 Å². The van der Waals surface area contributed by atoms with E-state index in [4.69, 9.17) is 0 Å². The van der Waals surface area contributed by atoms with E-state index in [1.54, 1.807) is 0 Å². The number of benzene rings is 5. The van der Waals surface area contributed by atoms with Crippen molar-refractivity contribution in [1.82, 2.24) is 0 Å². The standard InChI is InChI=1S/C34H32N2/c1-25-11-9-15-31(23-25)35(33-17-7-5-13-27(33)3)29-19-21-30(22-20-29)36(32-16-10-12-26(2)24-32)34-18-8-6-14-28(34)4/h5-24H,1-4H3. The Morgan fingerprint density at radius 2 is 0.750 bits per heavy atom. The SMILES string of the molecule is Cc1cccc(N(c2ccc(N(c3cccc(C)c3)c3ccccc3C)cc2)c2ccccc2C)c1. The molecule has 5 aromatic rings. The van der Waals surface area contributed by atoms with Gasteiger partial charge in [-0.05, 0) is 111 Å². The topological polar surface area (TPSA) is 6.48 Å². The molecule has 0 fully saturated rings. The number of para-hydroxylation sites is 2. The molecule has 0 N–H and O–H groups in total. The molecular weight excluding hydrogens is 436 g/mol. The van der Waals surface area contributed by atoms with E-state index in [2.05, 4.69) is 159 Å². The van der Waals surface area contributed by atoms with Gasteiger partial charge in [-0.15, -0.1) is 0 Å². The summed E-state index contributed by atoms with van der Waals surface area (Å²) in [7, 11) is 0. The molecule has 0 saturated heterocycles. The van der Waals surface area contributed by atoms with Crippen molar-refractivity contribution < 1.29 is 0 Å². The number of hydrogen-bond acceptors (Lipinski definition) is 2. The minimum absolute atomic E-state index is 1.13. The van der Waals surface area contributed by atoms with Crippen LogP contribution in [0.25, 0.3) is 0 Å². The third kappa shape index (κ3) is 4.76. The minimum Gasteiger partial charge on any atom is -0.310 e. The van der Waals surface area contributed by atoms with Gasteiger partial charge in [-0.3, -0.25) is 0 Å². The predicted octanol–water partition coefficient (Wildman–Crippen LogP) is 9.86. The van der Waals surface area contributed by atoms with Gasteiger partial charge in [-0.25, -0.2) is 0 Å². The first-order valence-corrected chi connectivity index (χ1v) is 12.5. The Labute approximate surface area is 215 Å². The van der Waals surface area contributed by atoms with Gasteiger partial charge >= 0.3 is 0 Å². The maximum absolute atomic E-state index is 2.34. The first-order chi connectivity index (χ1) is 17.5. The largest absolute Gasteiger partial charge is 0.310 e. The molecule has 0 aliphatic heterocycles. The van der Waals surface area contributed by atoms with Gasteiger partial charge in [-0.1, -0.05) is 60.7 Å². The van der Waals surface area contributed by atoms with E-state index < -0.39 is 0 Å². The lowest BCUT2D eigenvalue weighted by molar-refractivity contribution is 1.22. The Morgan fingerprint density at radius 1 is 0.361 bits per heavy atom. The Balaban J connectivity index is 1.62. The van der Waals surface area contributed by atoms with Crippen molar-refractivity contribution in [2.24, 2.45) is 0 Å². The van der Waals surface area contributed by atoms with Gasteiger partial charge in [0.15, 0.2) is 0 Å². The summed E-state index contributed by atoms with van der Waals surface area (Å²) in [6.07, 6.45) is 0. The van der Waals surface area contributed by atoms with E-state index in [0.29, 0.717) is 0 Å². The maximum Gasteiger partial charge on any atom is 0.0490 e. The Morgan fingerprint density at radius 3 is 1.11 bits per heavy atom. The lowest BCUT2D eigenvalue weighted by Gasteiger charge is -2.30. The van der Waals surface area contributed by atoms with Crippen molar-refractivity contribution >= 4 is 34.1 Å². The van der Waals surface area contributed by atoms with Gasteiger partial charge < -0.3 is 9.80 Å². The van der Waals surface area contributed by atoms with Crippen LogP contribution in [0.4, 0.5) is 34.1 Å². The van der Waals surface area contributed by atoms with Gasteiger partial charge in [0.1, 0.15) is 0 Å². The third-order valence-corrected chi connectivity index (χ3v) is 6.60. The molecule has 0 atom stereocenters. The number of hydrogen-bond donors (Lipinski definition) is 0. The van der Waals surface area contributed by atoms with Gasteiger partial charge in [0.05, 0.1) is 0 Å². The normalized spacial score (nSPS) is 10.8. The fourth-order valence-corrected chi connectivity index (χ4v) is 4.77. The summed E-state index contributed by atoms with van der Waals surface area (Å²) >= 11 is 0. The van der Waals surface area contributed by atoms with Crippen molar-refractivity contribution in [3.63, 3.8) is 0 Å². The van der Waals surface area contributed by atoms with Gasteiger partial charge in [0.2, 0.25) is 0 Å². The number of aryl methyl sites for hydroxylation is 4. The summed E-state index contributed by atoms with van der Waals surface area (Å²) in [6, 6.07) is 43.4. The van der Waals surface area contributed by atoms with Gasteiger partial charge in [0.25, 0.3) is 0 Å². The Bertz CT molecular complexity index is 1370. The molecule has 178 valence electrons. The lowest BCUT2D eigenvalue weighted by atomic mass is 10.1. The fraction of sp³-hybridized carbons (Fsp3) is 0.118. The average molecular weight is 469 g/mol. The third-order valence-electron chi connectivity index (χ3n) is 6.60. The first-order valence-electron chi connectivity index (χ1n) is 12.5. The van der Waals surface area contributed by atoms with Crippen molar-refractivity contribution in [3.8, 4) is 0 Å². The average Bonchev–Trinajstić information content (AvgIpc) is 2.88. The number of rotatable bonds is 6. The molecule has 0 radical (unpaired) electrons. The molecule has 0 amide bonds. The van der Waals surface area contributed by atoms with Crippen molar-refractivity contribution in [1.29, 1.82) is 0 Å². The summed E-state index contributed by atoms with van der Waals surface area (Å²) in [4.78, 5) is 4.69. The van der Waals surface area contributed by atoms with Crippen LogP contribution in [0.1, 0.15) is 22.3 Å². The van der Waals surface area contributed by atoms with E-state index in [1.165, 1.54) is 33.6 Å². The Hall–Kier alpha value is -4.30. The summed E-state index contributed by atoms with van der Waals surface area (Å²) in [5.74, 6) is 0. The Kier molecular flexibility index (Phi) is 6.60. The molecule has 0 aliphatic carbocycles. The molecule has 2 nitrogen and oxygen atoms in total. The lowest BCUT2D eigenvalue weighted by Crippen LogP contribution is -2.13. The smallest absolute Gasteiger partial charge is 0.0490 e. The summed E-state index contributed by atoms with van der Waals surface area (Å²) in [5.41, 5.74) is 11.9. The molecule has 5 rings (SSSR count). The molecular formula is C34H32N2. The van der Waals surface area contributed by atoms with Crippen LogP contribution >= 0.6 is 0 Å². The van der Waals surface area contributed by atoms with Crippen LogP contribution in [0.15, 0.2) is 121 Å². The molecule has 0 aliphatic rings. The van der Waals surface area contributed by atoms with Crippen LogP contribution in [0.3, 0.4) is 0 Å². The monoisotopic (exact) mass is 468 g/mol. The fourth-order valence-electron chi connectivity index (χ4n) is 4.77. The van der Waals surface area contributed by atoms with E-state index in [-0.39, 0.29) is 0 Å². The van der Waals surface area contributed by atoms with Crippen LogP contribution in [0, 0.1) is 27.7 Å². The molecule has 5 aromatic carbocycles. The van der Waals surface area contributed by atoms with Crippen molar-refractivity contribution in [3.05, 3.63) is 144 Å². The molecule has 36 heavy (non-hydrogen) atoms. The van der Waals surface area contributed by atoms with Crippen LogP contribution in [0.5, 0.6) is 0 Å². The molecule has 0 heterocycles. The predicted molar refractivity (Wildman–Crippen MR) is 155 cm³/mol. The van der Waals surface area contributed by atoms with Crippen LogP contribution < -0.4 is 9.80 Å². The molecule has 0 saturated carbocycles. The van der Waals surface area contributed by atoms with Crippen molar-refractivity contribution in [2.75, 3.05) is 9.80 Å². The van der Waals surface area contributed by atoms with E-state index in [0.717, 1.165) is 22.7 Å². The van der Waals surface area contributed by atoms with E-state index in [1.807, 2.05) is 0 Å². The van der Waals surface area contributed by atoms with Gasteiger partial charge in [-0.2, -0.15) is 0 Å². The molecule has 0 unspecified atom stereocenters. The highest BCUT2D eigenvalue weighted by atomic mass is 15.2. The first kappa shape index (κ1) is 23.4. The zero-order chi connectivity index (χ0) is 25.1. The maximum atomic E-state index is 2.34. The zero-order valence-corrected chi connectivity index (χ0v) is 21.4. The number of nitrogens with zero attached hydrogens (tertiary/aromatic N) is 2. The summed E-state index contributed by atoms with van der Waals surface area (Å²) in [6.45, 7) is 8.63. The second-order valence-electron chi connectivity index (χ2n) is 9.44. The quantitative estimate of drug-likeness (QED) is 0.245. The van der Waals surface area contributed by atoms with Crippen LogP contribution in [-0.4, -0.2) is 0 Å². The van der Waals surface area contributed by atoms with E-state index >= 15 is 0 Å². The van der Waals surface area contributed by atoms with Crippen LogP contribution in [0.2, 0.25) is 0 Å². The highest BCUT2D eigenvalue weighted by molar-refractivity contribution is 5.82. The zero-order valence-electron chi connectivity index (χ0n) is 21.4. The summed E-state index contributed by atoms with van der Waals surface area (Å²) < 4.78 is 0. The number of anilines is 6. The molecule has 0 spiro atoms. The molecule has 0 aromatic heterocycles.